The van der Waals surface area contributed by atoms with Crippen LogP contribution in [0.3, 0.4) is 0 Å². The van der Waals surface area contributed by atoms with Crippen LogP contribution in [0.25, 0.3) is 10.9 Å². The molecule has 2 nitrogen and oxygen atoms in total. The van der Waals surface area contributed by atoms with Crippen molar-refractivity contribution in [3.05, 3.63) is 35.0 Å². The van der Waals surface area contributed by atoms with Gasteiger partial charge in [0.05, 0.1) is 0 Å². The number of halogens is 2. The highest BCUT2D eigenvalue weighted by Gasteiger charge is 2.18. The van der Waals surface area contributed by atoms with Gasteiger partial charge in [0.25, 0.3) is 0 Å². The summed E-state index contributed by atoms with van der Waals surface area (Å²) in [7, 11) is 1.79. The van der Waals surface area contributed by atoms with E-state index in [-0.39, 0.29) is 5.52 Å². The first-order valence-electron chi connectivity index (χ1n) is 6.69. The number of nitrogens with zero attached hydrogens (tertiary/aromatic N) is 1. The van der Waals surface area contributed by atoms with E-state index >= 15 is 0 Å². The van der Waals surface area contributed by atoms with Crippen LogP contribution in [0.5, 0.6) is 0 Å². The second-order valence-corrected chi connectivity index (χ2v) is 5.01. The zero-order valence-electron chi connectivity index (χ0n) is 10.9. The Bertz CT molecular complexity index is 638. The third kappa shape index (κ3) is 2.05. The van der Waals surface area contributed by atoms with Crippen LogP contribution < -0.4 is 5.32 Å². The lowest BCUT2D eigenvalue weighted by Gasteiger charge is -2.15. The lowest BCUT2D eigenvalue weighted by atomic mass is 10.0. The molecule has 0 unspecified atom stereocenters. The number of hydrogen-bond acceptors (Lipinski definition) is 2. The minimum atomic E-state index is -0.585. The monoisotopic (exact) mass is 262 g/mol. The number of aryl methyl sites for hydroxylation is 1. The number of rotatable bonds is 1. The van der Waals surface area contributed by atoms with Gasteiger partial charge in [0, 0.05) is 29.9 Å². The van der Waals surface area contributed by atoms with Crippen molar-refractivity contribution >= 4 is 16.6 Å². The van der Waals surface area contributed by atoms with Crippen LogP contribution in [-0.4, -0.2) is 12.0 Å². The van der Waals surface area contributed by atoms with E-state index in [0.717, 1.165) is 55.1 Å². The van der Waals surface area contributed by atoms with Gasteiger partial charge in [-0.15, -0.1) is 0 Å². The Labute approximate surface area is 110 Å². The fourth-order valence-electron chi connectivity index (χ4n) is 2.91. The minimum Gasteiger partial charge on any atom is -0.387 e. The molecule has 1 heterocycles. The van der Waals surface area contributed by atoms with Gasteiger partial charge in [-0.3, -0.25) is 0 Å². The number of fused-ring (bicyclic) bond motifs is 2. The van der Waals surface area contributed by atoms with E-state index in [2.05, 4.69) is 10.3 Å². The lowest BCUT2D eigenvalue weighted by Crippen LogP contribution is -2.04. The molecular weight excluding hydrogens is 246 g/mol. The summed E-state index contributed by atoms with van der Waals surface area (Å²) in [5, 5.41) is 3.65. The highest BCUT2D eigenvalue weighted by Crippen LogP contribution is 2.33. The highest BCUT2D eigenvalue weighted by atomic mass is 19.1. The van der Waals surface area contributed by atoms with Crippen LogP contribution in [0, 0.1) is 11.6 Å². The molecule has 1 aromatic heterocycles. The van der Waals surface area contributed by atoms with E-state index in [4.69, 9.17) is 0 Å². The molecule has 2 aromatic rings. The quantitative estimate of drug-likeness (QED) is 0.790. The van der Waals surface area contributed by atoms with Crippen molar-refractivity contribution in [2.24, 2.45) is 0 Å². The average molecular weight is 262 g/mol. The number of aromatic nitrogens is 1. The number of benzene rings is 1. The summed E-state index contributed by atoms with van der Waals surface area (Å²) in [4.78, 5) is 4.44. The largest absolute Gasteiger partial charge is 0.387 e. The summed E-state index contributed by atoms with van der Waals surface area (Å²) in [6.07, 6.45) is 5.14. The van der Waals surface area contributed by atoms with Gasteiger partial charge in [0.15, 0.2) is 5.82 Å². The van der Waals surface area contributed by atoms with E-state index in [0.29, 0.717) is 5.39 Å². The molecule has 0 fully saturated rings. The zero-order valence-corrected chi connectivity index (χ0v) is 10.9. The highest BCUT2D eigenvalue weighted by molar-refractivity contribution is 5.93. The van der Waals surface area contributed by atoms with Gasteiger partial charge in [-0.2, -0.15) is 0 Å². The molecule has 0 atom stereocenters. The van der Waals surface area contributed by atoms with Gasteiger partial charge in [-0.05, 0) is 37.3 Å². The van der Waals surface area contributed by atoms with E-state index in [1.807, 2.05) is 0 Å². The molecule has 0 bridgehead atoms. The fourth-order valence-corrected chi connectivity index (χ4v) is 2.91. The van der Waals surface area contributed by atoms with Crippen LogP contribution in [0.1, 0.15) is 30.5 Å². The van der Waals surface area contributed by atoms with E-state index in [1.165, 1.54) is 6.07 Å². The average Bonchev–Trinajstić information content (AvgIpc) is 2.61. The first-order chi connectivity index (χ1) is 9.20. The van der Waals surface area contributed by atoms with Crippen molar-refractivity contribution in [3.8, 4) is 0 Å². The minimum absolute atomic E-state index is 0.270. The SMILES string of the molecule is CNc1c2c(nc3c(F)cc(F)cc13)CCCCC2. The van der Waals surface area contributed by atoms with Crippen LogP contribution in [0.4, 0.5) is 14.5 Å². The number of anilines is 1. The molecule has 4 heteroatoms. The van der Waals surface area contributed by atoms with Crippen molar-refractivity contribution < 1.29 is 8.78 Å². The van der Waals surface area contributed by atoms with Crippen molar-refractivity contribution in [2.75, 3.05) is 12.4 Å². The molecular formula is C15H16F2N2. The maximum Gasteiger partial charge on any atom is 0.152 e. The normalized spacial score (nSPS) is 15.1. The molecule has 1 aliphatic carbocycles. The predicted octanol–water partition coefficient (Wildman–Crippen LogP) is 3.82. The summed E-state index contributed by atoms with van der Waals surface area (Å²) in [5.74, 6) is -1.14. The predicted molar refractivity (Wildman–Crippen MR) is 72.5 cm³/mol. The number of hydrogen-bond donors (Lipinski definition) is 1. The molecule has 0 amide bonds. The third-order valence-corrected chi connectivity index (χ3v) is 3.78. The van der Waals surface area contributed by atoms with Crippen molar-refractivity contribution in [3.63, 3.8) is 0 Å². The smallest absolute Gasteiger partial charge is 0.152 e. The van der Waals surface area contributed by atoms with E-state index in [9.17, 15) is 8.78 Å². The second-order valence-electron chi connectivity index (χ2n) is 5.01. The van der Waals surface area contributed by atoms with Gasteiger partial charge < -0.3 is 5.32 Å². The Hall–Kier alpha value is -1.71. The van der Waals surface area contributed by atoms with Crippen LogP contribution in [-0.2, 0) is 12.8 Å². The van der Waals surface area contributed by atoms with Crippen LogP contribution in [0.2, 0.25) is 0 Å². The van der Waals surface area contributed by atoms with Gasteiger partial charge in [-0.1, -0.05) is 6.42 Å². The number of pyridine rings is 1. The Morgan fingerprint density at radius 3 is 2.68 bits per heavy atom. The van der Waals surface area contributed by atoms with Crippen LogP contribution in [0.15, 0.2) is 12.1 Å². The number of nitrogens with one attached hydrogen (secondary N) is 1. The van der Waals surface area contributed by atoms with Gasteiger partial charge >= 0.3 is 0 Å². The molecule has 3 rings (SSSR count). The summed E-state index contributed by atoms with van der Waals surface area (Å²) in [5.41, 5.74) is 3.18. The molecule has 0 saturated heterocycles. The molecule has 0 spiro atoms. The lowest BCUT2D eigenvalue weighted by molar-refractivity contribution is 0.590. The molecule has 1 aliphatic rings. The molecule has 0 saturated carbocycles. The molecule has 0 radical (unpaired) electrons. The first kappa shape index (κ1) is 12.3. The summed E-state index contributed by atoms with van der Waals surface area (Å²) in [6.45, 7) is 0. The third-order valence-electron chi connectivity index (χ3n) is 3.78. The topological polar surface area (TPSA) is 24.9 Å². The molecule has 19 heavy (non-hydrogen) atoms. The summed E-state index contributed by atoms with van der Waals surface area (Å²) < 4.78 is 27.3. The second kappa shape index (κ2) is 4.76. The molecule has 1 aromatic carbocycles. The first-order valence-corrected chi connectivity index (χ1v) is 6.69. The van der Waals surface area contributed by atoms with Crippen LogP contribution >= 0.6 is 0 Å². The van der Waals surface area contributed by atoms with Gasteiger partial charge in [0.1, 0.15) is 11.3 Å². The van der Waals surface area contributed by atoms with E-state index in [1.54, 1.807) is 7.05 Å². The Morgan fingerprint density at radius 1 is 1.11 bits per heavy atom. The van der Waals surface area contributed by atoms with Crippen molar-refractivity contribution in [1.82, 2.24) is 4.98 Å². The fraction of sp³-hybridized carbons (Fsp3) is 0.400. The zero-order chi connectivity index (χ0) is 13.4. The Kier molecular flexibility index (Phi) is 3.09. The summed E-state index contributed by atoms with van der Waals surface area (Å²) >= 11 is 0. The Balaban J connectivity index is 2.36. The van der Waals surface area contributed by atoms with E-state index < -0.39 is 11.6 Å². The molecule has 1 N–H and O–H groups in total. The molecule has 0 aliphatic heterocycles. The maximum absolute atomic E-state index is 13.9. The van der Waals surface area contributed by atoms with Crippen molar-refractivity contribution in [1.29, 1.82) is 0 Å². The van der Waals surface area contributed by atoms with Gasteiger partial charge in [-0.25, -0.2) is 13.8 Å². The van der Waals surface area contributed by atoms with Gasteiger partial charge in [0.2, 0.25) is 0 Å². The standard InChI is InChI=1S/C15H16F2N2/c1-18-14-10-5-3-2-4-6-13(10)19-15-11(14)7-9(16)8-12(15)17/h7-8H,2-6H2,1H3,(H,18,19). The maximum atomic E-state index is 13.9. The summed E-state index contributed by atoms with van der Waals surface area (Å²) in [6, 6.07) is 2.26. The Morgan fingerprint density at radius 2 is 1.89 bits per heavy atom. The van der Waals surface area contributed by atoms with Crippen molar-refractivity contribution in [2.45, 2.75) is 32.1 Å². The molecule has 100 valence electrons.